The van der Waals surface area contributed by atoms with Gasteiger partial charge >= 0.3 is 0 Å². The molecule has 134 valence electrons. The Hall–Kier alpha value is -2.54. The molecule has 1 saturated heterocycles. The first-order valence-corrected chi connectivity index (χ1v) is 8.44. The van der Waals surface area contributed by atoms with Crippen LogP contribution in [0.2, 0.25) is 0 Å². The maximum Gasteiger partial charge on any atom is 0.231 e. The molecular weight excluding hydrogens is 318 g/mol. The van der Waals surface area contributed by atoms with Crippen LogP contribution in [0.3, 0.4) is 0 Å². The Kier molecular flexibility index (Phi) is 5.23. The van der Waals surface area contributed by atoms with Crippen LogP contribution in [0, 0.1) is 0 Å². The number of aliphatic imine (C=N–C) groups is 2. The number of hydrogen-bond donors (Lipinski definition) is 1. The summed E-state index contributed by atoms with van der Waals surface area (Å²) in [5.41, 5.74) is 7.52. The van der Waals surface area contributed by atoms with Crippen molar-refractivity contribution in [1.29, 1.82) is 0 Å². The number of allylic oxidation sites excluding steroid dienone is 1. The smallest absolute Gasteiger partial charge is 0.231 e. The van der Waals surface area contributed by atoms with Crippen LogP contribution < -0.4 is 15.2 Å². The SMILES string of the molecule is C=NC(=N/C=C(\C)N)N1CCN(C(C)c2ccc3c(c2)OCO3)CC1. The Morgan fingerprint density at radius 3 is 2.64 bits per heavy atom. The number of nitrogens with two attached hydrogens (primary N) is 1. The van der Waals surface area contributed by atoms with Crippen LogP contribution in [0.1, 0.15) is 25.5 Å². The lowest BCUT2D eigenvalue weighted by Gasteiger charge is -2.38. The van der Waals surface area contributed by atoms with E-state index in [2.05, 4.69) is 45.6 Å². The van der Waals surface area contributed by atoms with Crippen molar-refractivity contribution in [3.8, 4) is 11.5 Å². The fourth-order valence-corrected chi connectivity index (χ4v) is 3.08. The maximum atomic E-state index is 5.64. The molecule has 0 bridgehead atoms. The topological polar surface area (TPSA) is 75.7 Å². The third-order valence-electron chi connectivity index (χ3n) is 4.55. The maximum absolute atomic E-state index is 5.64. The number of fused-ring (bicyclic) bond motifs is 1. The van der Waals surface area contributed by atoms with Gasteiger partial charge in [0.15, 0.2) is 11.5 Å². The highest BCUT2D eigenvalue weighted by molar-refractivity contribution is 5.84. The number of piperazine rings is 1. The van der Waals surface area contributed by atoms with Crippen molar-refractivity contribution >= 4 is 12.7 Å². The number of benzene rings is 1. The van der Waals surface area contributed by atoms with Crippen molar-refractivity contribution in [3.05, 3.63) is 35.7 Å². The fraction of sp³-hybridized carbons (Fsp3) is 0.444. The Labute approximate surface area is 148 Å². The van der Waals surface area contributed by atoms with Crippen LogP contribution in [0.15, 0.2) is 40.1 Å². The molecule has 3 rings (SSSR count). The summed E-state index contributed by atoms with van der Waals surface area (Å²) in [6, 6.07) is 6.47. The lowest BCUT2D eigenvalue weighted by Crippen LogP contribution is -2.48. The zero-order chi connectivity index (χ0) is 17.8. The van der Waals surface area contributed by atoms with Gasteiger partial charge < -0.3 is 20.1 Å². The lowest BCUT2D eigenvalue weighted by molar-refractivity contribution is 0.140. The lowest BCUT2D eigenvalue weighted by atomic mass is 10.1. The average molecular weight is 343 g/mol. The van der Waals surface area contributed by atoms with Crippen LogP contribution >= 0.6 is 0 Å². The molecule has 1 fully saturated rings. The van der Waals surface area contributed by atoms with Gasteiger partial charge in [0.2, 0.25) is 12.8 Å². The minimum Gasteiger partial charge on any atom is -0.454 e. The van der Waals surface area contributed by atoms with Gasteiger partial charge in [-0.2, -0.15) is 0 Å². The second kappa shape index (κ2) is 7.57. The van der Waals surface area contributed by atoms with E-state index >= 15 is 0 Å². The van der Waals surface area contributed by atoms with Gasteiger partial charge in [-0.1, -0.05) is 6.07 Å². The van der Waals surface area contributed by atoms with Crippen molar-refractivity contribution in [2.24, 2.45) is 15.7 Å². The highest BCUT2D eigenvalue weighted by Gasteiger charge is 2.25. The van der Waals surface area contributed by atoms with E-state index in [4.69, 9.17) is 15.2 Å². The van der Waals surface area contributed by atoms with E-state index in [1.165, 1.54) is 5.56 Å². The molecule has 2 N–H and O–H groups in total. The van der Waals surface area contributed by atoms with Crippen molar-refractivity contribution in [2.45, 2.75) is 19.9 Å². The van der Waals surface area contributed by atoms with Crippen LogP contribution in [-0.4, -0.2) is 55.4 Å². The molecule has 0 aromatic heterocycles. The fourth-order valence-electron chi connectivity index (χ4n) is 3.08. The second-order valence-corrected chi connectivity index (χ2v) is 6.27. The molecule has 0 aliphatic carbocycles. The zero-order valence-corrected chi connectivity index (χ0v) is 14.8. The summed E-state index contributed by atoms with van der Waals surface area (Å²) < 4.78 is 10.9. The molecule has 1 atom stereocenters. The van der Waals surface area contributed by atoms with E-state index < -0.39 is 0 Å². The largest absolute Gasteiger partial charge is 0.454 e. The predicted molar refractivity (Wildman–Crippen MR) is 99.1 cm³/mol. The molecule has 0 saturated carbocycles. The van der Waals surface area contributed by atoms with E-state index in [1.54, 1.807) is 13.1 Å². The van der Waals surface area contributed by atoms with Crippen molar-refractivity contribution in [2.75, 3.05) is 33.0 Å². The molecular formula is C18H25N5O2. The van der Waals surface area contributed by atoms with Crippen LogP contribution in [0.5, 0.6) is 11.5 Å². The quantitative estimate of drug-likeness (QED) is 0.671. The normalized spacial score (nSPS) is 19.8. The van der Waals surface area contributed by atoms with E-state index in [1.807, 2.05) is 6.07 Å². The standard InChI is InChI=1S/C18H25N5O2/c1-13(19)11-21-18(20-3)23-8-6-22(7-9-23)14(2)15-4-5-16-17(10-15)25-12-24-16/h4-5,10-11,14H,3,6-9,12,19H2,1-2H3/b13-11+,21-18?. The van der Waals surface area contributed by atoms with Gasteiger partial charge in [0.05, 0.1) is 0 Å². The number of hydrogen-bond acceptors (Lipinski definition) is 5. The summed E-state index contributed by atoms with van der Waals surface area (Å²) in [4.78, 5) is 12.9. The van der Waals surface area contributed by atoms with Crippen LogP contribution in [-0.2, 0) is 0 Å². The van der Waals surface area contributed by atoms with Gasteiger partial charge in [0, 0.05) is 44.1 Å². The summed E-state index contributed by atoms with van der Waals surface area (Å²) >= 11 is 0. The highest BCUT2D eigenvalue weighted by Crippen LogP contribution is 2.35. The Morgan fingerprint density at radius 1 is 1.24 bits per heavy atom. The molecule has 7 heteroatoms. The number of rotatable bonds is 3. The molecule has 0 amide bonds. The van der Waals surface area contributed by atoms with Crippen LogP contribution in [0.4, 0.5) is 0 Å². The first-order valence-electron chi connectivity index (χ1n) is 8.44. The van der Waals surface area contributed by atoms with E-state index in [-0.39, 0.29) is 0 Å². The second-order valence-electron chi connectivity index (χ2n) is 6.27. The summed E-state index contributed by atoms with van der Waals surface area (Å²) in [6.07, 6.45) is 1.62. The van der Waals surface area contributed by atoms with E-state index in [9.17, 15) is 0 Å². The third kappa shape index (κ3) is 3.93. The molecule has 25 heavy (non-hydrogen) atoms. The summed E-state index contributed by atoms with van der Waals surface area (Å²) in [6.45, 7) is 11.5. The van der Waals surface area contributed by atoms with E-state index in [0.717, 1.165) is 37.7 Å². The third-order valence-corrected chi connectivity index (χ3v) is 4.55. The minimum absolute atomic E-state index is 0.305. The molecule has 0 spiro atoms. The number of guanidine groups is 1. The first kappa shape index (κ1) is 17.3. The average Bonchev–Trinajstić information content (AvgIpc) is 3.09. The molecule has 1 unspecified atom stereocenters. The van der Waals surface area contributed by atoms with Gasteiger partial charge in [-0.25, -0.2) is 9.98 Å². The molecule has 2 aliphatic rings. The Balaban J connectivity index is 1.62. The molecule has 2 aliphatic heterocycles. The van der Waals surface area contributed by atoms with E-state index in [0.29, 0.717) is 24.5 Å². The van der Waals surface area contributed by atoms with Gasteiger partial charge in [0.1, 0.15) is 0 Å². The predicted octanol–water partition coefficient (Wildman–Crippen LogP) is 1.97. The molecule has 1 aromatic rings. The van der Waals surface area contributed by atoms with Crippen molar-refractivity contribution in [3.63, 3.8) is 0 Å². The Bertz CT molecular complexity index is 689. The summed E-state index contributed by atoms with van der Waals surface area (Å²) in [7, 11) is 0. The molecule has 1 aromatic carbocycles. The first-order chi connectivity index (χ1) is 12.1. The van der Waals surface area contributed by atoms with Crippen LogP contribution in [0.25, 0.3) is 0 Å². The minimum atomic E-state index is 0.305. The van der Waals surface area contributed by atoms with Crippen molar-refractivity contribution < 1.29 is 9.47 Å². The Morgan fingerprint density at radius 2 is 1.96 bits per heavy atom. The van der Waals surface area contributed by atoms with Gasteiger partial charge in [-0.05, 0) is 38.3 Å². The molecule has 2 heterocycles. The number of ether oxygens (including phenoxy) is 2. The molecule has 7 nitrogen and oxygen atoms in total. The molecule has 0 radical (unpaired) electrons. The van der Waals surface area contributed by atoms with Gasteiger partial charge in [0.25, 0.3) is 0 Å². The van der Waals surface area contributed by atoms with Gasteiger partial charge in [-0.3, -0.25) is 4.90 Å². The zero-order valence-electron chi connectivity index (χ0n) is 14.8. The summed E-state index contributed by atoms with van der Waals surface area (Å²) in [5.74, 6) is 2.28. The number of nitrogens with zero attached hydrogens (tertiary/aromatic N) is 4. The summed E-state index contributed by atoms with van der Waals surface area (Å²) in [5, 5.41) is 0. The highest BCUT2D eigenvalue weighted by atomic mass is 16.7. The monoisotopic (exact) mass is 343 g/mol. The van der Waals surface area contributed by atoms with Gasteiger partial charge in [-0.15, -0.1) is 0 Å². The van der Waals surface area contributed by atoms with Crippen molar-refractivity contribution in [1.82, 2.24) is 9.80 Å².